The van der Waals surface area contributed by atoms with E-state index in [4.69, 9.17) is 11.6 Å². The summed E-state index contributed by atoms with van der Waals surface area (Å²) in [5.74, 6) is 1.05. The summed E-state index contributed by atoms with van der Waals surface area (Å²) < 4.78 is 1.97. The minimum atomic E-state index is -0.0529. The fraction of sp³-hybridized carbons (Fsp3) is 0.400. The molecule has 0 saturated carbocycles. The van der Waals surface area contributed by atoms with Crippen LogP contribution in [0.25, 0.3) is 5.69 Å². The lowest BCUT2D eigenvalue weighted by atomic mass is 10.2. The highest BCUT2D eigenvalue weighted by Gasteiger charge is 2.21. The zero-order valence-corrected chi connectivity index (χ0v) is 15.1. The molecule has 1 amide bonds. The highest BCUT2D eigenvalue weighted by molar-refractivity contribution is 7.99. The lowest BCUT2D eigenvalue weighted by Crippen LogP contribution is -2.21. The van der Waals surface area contributed by atoms with Crippen molar-refractivity contribution in [2.75, 3.05) is 26.9 Å². The first-order valence-corrected chi connectivity index (χ1v) is 8.51. The van der Waals surface area contributed by atoms with E-state index in [1.54, 1.807) is 7.05 Å². The van der Waals surface area contributed by atoms with Gasteiger partial charge in [-0.1, -0.05) is 23.4 Å². The number of hydrogen-bond donors (Lipinski definition) is 1. The predicted octanol–water partition coefficient (Wildman–Crippen LogP) is 2.38. The van der Waals surface area contributed by atoms with Gasteiger partial charge in [0.05, 0.1) is 11.8 Å². The third-order valence-corrected chi connectivity index (χ3v) is 4.68. The number of benzene rings is 1. The van der Waals surface area contributed by atoms with Gasteiger partial charge in [-0.15, -0.1) is 10.2 Å². The summed E-state index contributed by atoms with van der Waals surface area (Å²) in [4.78, 5) is 13.6. The van der Waals surface area contributed by atoms with E-state index in [2.05, 4.69) is 27.3 Å². The van der Waals surface area contributed by atoms with E-state index < -0.39 is 0 Å². The smallest absolute Gasteiger partial charge is 0.230 e. The van der Waals surface area contributed by atoms with Crippen molar-refractivity contribution < 1.29 is 4.79 Å². The maximum atomic E-state index is 11.5. The van der Waals surface area contributed by atoms with Crippen LogP contribution in [0.3, 0.4) is 0 Å². The molecule has 1 aromatic heterocycles. The average molecular weight is 354 g/mol. The van der Waals surface area contributed by atoms with Crippen LogP contribution < -0.4 is 5.32 Å². The van der Waals surface area contributed by atoms with Crippen molar-refractivity contribution in [3.8, 4) is 5.69 Å². The van der Waals surface area contributed by atoms with Crippen LogP contribution in [0.2, 0.25) is 5.02 Å². The van der Waals surface area contributed by atoms with Gasteiger partial charge in [0, 0.05) is 17.8 Å². The van der Waals surface area contributed by atoms with Gasteiger partial charge in [0.15, 0.2) is 11.0 Å². The largest absolute Gasteiger partial charge is 0.358 e. The number of amides is 1. The van der Waals surface area contributed by atoms with E-state index >= 15 is 0 Å². The van der Waals surface area contributed by atoms with Crippen LogP contribution in [0.1, 0.15) is 18.8 Å². The second-order valence-corrected chi connectivity index (χ2v) is 6.63. The number of rotatable bonds is 6. The lowest BCUT2D eigenvalue weighted by Gasteiger charge is -2.20. The number of nitrogens with one attached hydrogen (secondary N) is 1. The van der Waals surface area contributed by atoms with Crippen LogP contribution in [0.5, 0.6) is 0 Å². The Labute approximate surface area is 145 Å². The van der Waals surface area contributed by atoms with Crippen LogP contribution in [-0.2, 0) is 4.79 Å². The predicted molar refractivity (Wildman–Crippen MR) is 93.3 cm³/mol. The lowest BCUT2D eigenvalue weighted by molar-refractivity contribution is -0.118. The Bertz CT molecular complexity index is 671. The van der Waals surface area contributed by atoms with E-state index in [1.807, 2.05) is 42.9 Å². The highest BCUT2D eigenvalue weighted by Crippen LogP contribution is 2.27. The number of nitrogens with zero attached hydrogens (tertiary/aromatic N) is 4. The van der Waals surface area contributed by atoms with Crippen LogP contribution in [0.15, 0.2) is 29.4 Å². The zero-order valence-electron chi connectivity index (χ0n) is 13.6. The third kappa shape index (κ3) is 4.25. The highest BCUT2D eigenvalue weighted by atomic mass is 35.5. The Morgan fingerprint density at radius 1 is 1.35 bits per heavy atom. The molecule has 23 heavy (non-hydrogen) atoms. The van der Waals surface area contributed by atoms with Crippen molar-refractivity contribution in [3.63, 3.8) is 0 Å². The molecule has 0 bridgehead atoms. The number of carbonyl (C=O) groups is 1. The Hall–Kier alpha value is -1.57. The second-order valence-electron chi connectivity index (χ2n) is 5.25. The van der Waals surface area contributed by atoms with Gasteiger partial charge in [-0.2, -0.15) is 0 Å². The fourth-order valence-electron chi connectivity index (χ4n) is 1.91. The molecule has 1 unspecified atom stereocenters. The minimum Gasteiger partial charge on any atom is -0.358 e. The topological polar surface area (TPSA) is 63.1 Å². The molecule has 0 fully saturated rings. The van der Waals surface area contributed by atoms with Crippen molar-refractivity contribution >= 4 is 29.3 Å². The molecule has 0 radical (unpaired) electrons. The van der Waals surface area contributed by atoms with Crippen molar-refractivity contribution in [1.29, 1.82) is 0 Å². The second kappa shape index (κ2) is 7.81. The molecule has 1 aromatic carbocycles. The molecule has 2 aromatic rings. The summed E-state index contributed by atoms with van der Waals surface area (Å²) in [5, 5.41) is 12.5. The minimum absolute atomic E-state index is 0.0529. The number of halogens is 1. The van der Waals surface area contributed by atoms with Gasteiger partial charge in [0.2, 0.25) is 5.91 Å². The summed E-state index contributed by atoms with van der Waals surface area (Å²) in [6.45, 7) is 2.06. The van der Waals surface area contributed by atoms with E-state index in [-0.39, 0.29) is 11.9 Å². The van der Waals surface area contributed by atoms with Crippen molar-refractivity contribution in [2.45, 2.75) is 18.1 Å². The number of hydrogen-bond acceptors (Lipinski definition) is 5. The van der Waals surface area contributed by atoms with Gasteiger partial charge in [-0.05, 0) is 45.3 Å². The molecular weight excluding hydrogens is 334 g/mol. The summed E-state index contributed by atoms with van der Waals surface area (Å²) in [5.41, 5.74) is 0.919. The molecule has 0 saturated heterocycles. The molecular formula is C15H20ClN5OS. The van der Waals surface area contributed by atoms with Gasteiger partial charge in [0.1, 0.15) is 0 Å². The maximum Gasteiger partial charge on any atom is 0.230 e. The quantitative estimate of drug-likeness (QED) is 0.808. The first-order valence-electron chi connectivity index (χ1n) is 7.15. The standard InChI is InChI=1S/C15H20ClN5OS/c1-10(20(3)4)14-18-19-15(23-9-13(22)17-2)21(14)12-7-5-11(16)6-8-12/h5-8,10H,9H2,1-4H3,(H,17,22). The molecule has 0 spiro atoms. The molecule has 1 N–H and O–H groups in total. The van der Waals surface area contributed by atoms with Crippen molar-refractivity contribution in [3.05, 3.63) is 35.1 Å². The summed E-state index contributed by atoms with van der Waals surface area (Å²) in [6, 6.07) is 7.57. The monoisotopic (exact) mass is 353 g/mol. The Kier molecular flexibility index (Phi) is 6.04. The van der Waals surface area contributed by atoms with Gasteiger partial charge in [0.25, 0.3) is 0 Å². The molecule has 8 heteroatoms. The fourth-order valence-corrected chi connectivity index (χ4v) is 2.87. The van der Waals surface area contributed by atoms with Gasteiger partial charge in [-0.25, -0.2) is 0 Å². The molecule has 0 aliphatic carbocycles. The van der Waals surface area contributed by atoms with Gasteiger partial charge < -0.3 is 5.32 Å². The van der Waals surface area contributed by atoms with Crippen LogP contribution in [0, 0.1) is 0 Å². The Balaban J connectivity index is 2.42. The molecule has 1 atom stereocenters. The van der Waals surface area contributed by atoms with E-state index in [9.17, 15) is 4.79 Å². The zero-order chi connectivity index (χ0) is 17.0. The van der Waals surface area contributed by atoms with Crippen LogP contribution in [-0.4, -0.2) is 52.5 Å². The Morgan fingerprint density at radius 3 is 2.57 bits per heavy atom. The van der Waals surface area contributed by atoms with Gasteiger partial charge in [-0.3, -0.25) is 14.3 Å². The number of aromatic nitrogens is 3. The van der Waals surface area contributed by atoms with Crippen LogP contribution in [0.4, 0.5) is 0 Å². The molecule has 1 heterocycles. The summed E-state index contributed by atoms with van der Waals surface area (Å²) in [7, 11) is 5.60. The molecule has 2 rings (SSSR count). The number of thioether (sulfide) groups is 1. The maximum absolute atomic E-state index is 11.5. The van der Waals surface area contributed by atoms with Gasteiger partial charge >= 0.3 is 0 Å². The van der Waals surface area contributed by atoms with E-state index in [0.29, 0.717) is 15.9 Å². The van der Waals surface area contributed by atoms with Crippen LogP contribution >= 0.6 is 23.4 Å². The Morgan fingerprint density at radius 2 is 2.00 bits per heavy atom. The third-order valence-electron chi connectivity index (χ3n) is 3.50. The molecule has 6 nitrogen and oxygen atoms in total. The molecule has 124 valence electrons. The van der Waals surface area contributed by atoms with Crippen molar-refractivity contribution in [1.82, 2.24) is 25.0 Å². The first-order chi connectivity index (χ1) is 10.9. The average Bonchev–Trinajstić information content (AvgIpc) is 2.96. The normalized spacial score (nSPS) is 12.4. The molecule has 0 aliphatic heterocycles. The summed E-state index contributed by atoms with van der Waals surface area (Å²) >= 11 is 7.33. The molecule has 0 aliphatic rings. The number of carbonyl (C=O) groups excluding carboxylic acids is 1. The van der Waals surface area contributed by atoms with Crippen molar-refractivity contribution in [2.24, 2.45) is 0 Å². The summed E-state index contributed by atoms with van der Waals surface area (Å²) in [6.07, 6.45) is 0. The SMILES string of the molecule is CNC(=O)CSc1nnc(C(C)N(C)C)n1-c1ccc(Cl)cc1. The van der Waals surface area contributed by atoms with E-state index in [1.165, 1.54) is 11.8 Å². The first kappa shape index (κ1) is 17.8. The van der Waals surface area contributed by atoms with E-state index in [0.717, 1.165) is 11.5 Å².